The van der Waals surface area contributed by atoms with Crippen LogP contribution in [0, 0.1) is 5.92 Å². The van der Waals surface area contributed by atoms with Crippen LogP contribution in [0.2, 0.25) is 0 Å². The molecule has 18 heavy (non-hydrogen) atoms. The highest BCUT2D eigenvalue weighted by molar-refractivity contribution is 5.38. The summed E-state index contributed by atoms with van der Waals surface area (Å²) < 4.78 is 5.53. The number of nitrogens with one attached hydrogen (secondary N) is 1. The predicted molar refractivity (Wildman–Crippen MR) is 71.6 cm³/mol. The molecule has 1 fully saturated rings. The second-order valence-electron chi connectivity index (χ2n) is 5.43. The average Bonchev–Trinajstić information content (AvgIpc) is 3.12. The highest BCUT2D eigenvalue weighted by atomic mass is 16.5. The number of rotatable bonds is 6. The average molecular weight is 250 g/mol. The molecule has 1 unspecified atom stereocenters. The van der Waals surface area contributed by atoms with Gasteiger partial charge in [-0.1, -0.05) is 0 Å². The van der Waals surface area contributed by atoms with Gasteiger partial charge in [0.25, 0.3) is 0 Å². The Morgan fingerprint density at radius 1 is 1.50 bits per heavy atom. The van der Waals surface area contributed by atoms with E-state index >= 15 is 0 Å². The lowest BCUT2D eigenvalue weighted by Crippen LogP contribution is -2.44. The Hall–Kier alpha value is -1.36. The quantitative estimate of drug-likeness (QED) is 0.805. The molecule has 1 aromatic rings. The minimum atomic E-state index is -0.0921. The Balaban J connectivity index is 2.08. The summed E-state index contributed by atoms with van der Waals surface area (Å²) in [6.45, 7) is 6.67. The first kappa shape index (κ1) is 13.1. The molecular formula is C13H22N4O. The number of ether oxygens (including phenoxy) is 1. The zero-order valence-electron chi connectivity index (χ0n) is 11.3. The largest absolute Gasteiger partial charge is 0.474 e. The number of hydrogen-bond donors (Lipinski definition) is 2. The van der Waals surface area contributed by atoms with Crippen molar-refractivity contribution in [3.63, 3.8) is 0 Å². The van der Waals surface area contributed by atoms with Gasteiger partial charge in [-0.25, -0.2) is 0 Å². The molecule has 2 rings (SSSR count). The number of nitrogens with two attached hydrogens (primary N) is 1. The van der Waals surface area contributed by atoms with Crippen LogP contribution >= 0.6 is 0 Å². The Bertz CT molecular complexity index is 406. The van der Waals surface area contributed by atoms with Gasteiger partial charge in [0.15, 0.2) is 0 Å². The Labute approximate surface area is 108 Å². The zero-order valence-corrected chi connectivity index (χ0v) is 11.3. The van der Waals surface area contributed by atoms with Crippen molar-refractivity contribution in [3.8, 4) is 5.88 Å². The molecule has 3 N–H and O–H groups in total. The first-order valence-electron chi connectivity index (χ1n) is 6.50. The Morgan fingerprint density at radius 3 is 2.78 bits per heavy atom. The lowest BCUT2D eigenvalue weighted by molar-refractivity contribution is 0.232. The molecular weight excluding hydrogens is 228 g/mol. The standard InChI is InChI=1S/C13H22N4O/c1-9(2)18-12-7-15-6-11(16-12)17-13(3,8-14)10-4-5-10/h6-7,9-10H,4-5,8,14H2,1-3H3,(H,16,17). The molecule has 0 amide bonds. The van der Waals surface area contributed by atoms with E-state index in [2.05, 4.69) is 22.2 Å². The van der Waals surface area contributed by atoms with Gasteiger partial charge in [0, 0.05) is 6.54 Å². The highest BCUT2D eigenvalue weighted by Gasteiger charge is 2.40. The van der Waals surface area contributed by atoms with Gasteiger partial charge in [-0.05, 0) is 39.5 Å². The van der Waals surface area contributed by atoms with Crippen LogP contribution in [0.4, 0.5) is 5.82 Å². The van der Waals surface area contributed by atoms with Crippen molar-refractivity contribution >= 4 is 5.82 Å². The molecule has 1 aliphatic carbocycles. The van der Waals surface area contributed by atoms with Crippen molar-refractivity contribution in [1.29, 1.82) is 0 Å². The molecule has 0 saturated heterocycles. The van der Waals surface area contributed by atoms with Crippen molar-refractivity contribution in [3.05, 3.63) is 12.4 Å². The van der Waals surface area contributed by atoms with E-state index in [-0.39, 0.29) is 11.6 Å². The van der Waals surface area contributed by atoms with Crippen molar-refractivity contribution in [2.75, 3.05) is 11.9 Å². The second-order valence-corrected chi connectivity index (χ2v) is 5.43. The molecule has 0 radical (unpaired) electrons. The van der Waals surface area contributed by atoms with Crippen LogP contribution in [0.3, 0.4) is 0 Å². The van der Waals surface area contributed by atoms with Gasteiger partial charge in [-0.3, -0.25) is 4.98 Å². The van der Waals surface area contributed by atoms with Gasteiger partial charge in [-0.2, -0.15) is 4.98 Å². The molecule has 5 nitrogen and oxygen atoms in total. The molecule has 1 aromatic heterocycles. The smallest absolute Gasteiger partial charge is 0.234 e. The van der Waals surface area contributed by atoms with Crippen molar-refractivity contribution < 1.29 is 4.74 Å². The molecule has 1 heterocycles. The number of aromatic nitrogens is 2. The molecule has 5 heteroatoms. The van der Waals surface area contributed by atoms with Gasteiger partial charge in [0.2, 0.25) is 5.88 Å². The molecule has 100 valence electrons. The molecule has 1 saturated carbocycles. The summed E-state index contributed by atoms with van der Waals surface area (Å²) in [5, 5.41) is 3.40. The van der Waals surface area contributed by atoms with E-state index in [1.807, 2.05) is 13.8 Å². The molecule has 1 aliphatic rings. The van der Waals surface area contributed by atoms with E-state index < -0.39 is 0 Å². The Morgan fingerprint density at radius 2 is 2.22 bits per heavy atom. The maximum atomic E-state index is 5.87. The topological polar surface area (TPSA) is 73.1 Å². The van der Waals surface area contributed by atoms with Crippen molar-refractivity contribution in [2.45, 2.75) is 45.3 Å². The van der Waals surface area contributed by atoms with Gasteiger partial charge in [-0.15, -0.1) is 0 Å². The Kier molecular flexibility index (Phi) is 3.71. The maximum absolute atomic E-state index is 5.87. The highest BCUT2D eigenvalue weighted by Crippen LogP contribution is 2.40. The van der Waals surface area contributed by atoms with Crippen LogP contribution in [0.15, 0.2) is 12.4 Å². The fourth-order valence-electron chi connectivity index (χ4n) is 2.04. The van der Waals surface area contributed by atoms with Crippen LogP contribution in [0.5, 0.6) is 5.88 Å². The summed E-state index contributed by atoms with van der Waals surface area (Å²) in [6, 6.07) is 0. The molecule has 0 aliphatic heterocycles. The summed E-state index contributed by atoms with van der Waals surface area (Å²) in [6.07, 6.45) is 5.90. The van der Waals surface area contributed by atoms with E-state index in [1.165, 1.54) is 12.8 Å². The molecule has 0 aromatic carbocycles. The molecule has 0 bridgehead atoms. The summed E-state index contributed by atoms with van der Waals surface area (Å²) in [5.41, 5.74) is 5.78. The lowest BCUT2D eigenvalue weighted by Gasteiger charge is -2.30. The minimum absolute atomic E-state index is 0.0921. The number of hydrogen-bond acceptors (Lipinski definition) is 5. The van der Waals surface area contributed by atoms with Gasteiger partial charge < -0.3 is 15.8 Å². The SMILES string of the molecule is CC(C)Oc1cncc(NC(C)(CN)C2CC2)n1. The summed E-state index contributed by atoms with van der Waals surface area (Å²) in [5.74, 6) is 1.91. The van der Waals surface area contributed by atoms with Crippen molar-refractivity contribution in [2.24, 2.45) is 11.7 Å². The van der Waals surface area contributed by atoms with E-state index in [0.29, 0.717) is 18.3 Å². The normalized spacial score (nSPS) is 18.5. The predicted octanol–water partition coefficient (Wildman–Crippen LogP) is 1.80. The monoisotopic (exact) mass is 250 g/mol. The second kappa shape index (κ2) is 5.10. The third-order valence-corrected chi connectivity index (χ3v) is 3.28. The molecule has 1 atom stereocenters. The van der Waals surface area contributed by atoms with Gasteiger partial charge in [0.05, 0.1) is 24.0 Å². The minimum Gasteiger partial charge on any atom is -0.474 e. The van der Waals surface area contributed by atoms with Crippen molar-refractivity contribution in [1.82, 2.24) is 9.97 Å². The summed E-state index contributed by atoms with van der Waals surface area (Å²) >= 11 is 0. The van der Waals surface area contributed by atoms with Crippen LogP contribution in [0.1, 0.15) is 33.6 Å². The van der Waals surface area contributed by atoms with Crippen LogP contribution in [-0.4, -0.2) is 28.2 Å². The van der Waals surface area contributed by atoms with E-state index in [9.17, 15) is 0 Å². The fraction of sp³-hybridized carbons (Fsp3) is 0.692. The third-order valence-electron chi connectivity index (χ3n) is 3.28. The van der Waals surface area contributed by atoms with E-state index in [0.717, 1.165) is 5.82 Å². The summed E-state index contributed by atoms with van der Waals surface area (Å²) in [7, 11) is 0. The first-order valence-corrected chi connectivity index (χ1v) is 6.50. The zero-order chi connectivity index (χ0) is 13.2. The van der Waals surface area contributed by atoms with Crippen LogP contribution in [-0.2, 0) is 0 Å². The number of nitrogens with zero attached hydrogens (tertiary/aromatic N) is 2. The third kappa shape index (κ3) is 3.10. The van der Waals surface area contributed by atoms with Gasteiger partial charge >= 0.3 is 0 Å². The molecule has 0 spiro atoms. The fourth-order valence-corrected chi connectivity index (χ4v) is 2.04. The number of anilines is 1. The van der Waals surface area contributed by atoms with Gasteiger partial charge in [0.1, 0.15) is 5.82 Å². The lowest BCUT2D eigenvalue weighted by atomic mass is 9.96. The van der Waals surface area contributed by atoms with E-state index in [4.69, 9.17) is 10.5 Å². The van der Waals surface area contributed by atoms with E-state index in [1.54, 1.807) is 12.4 Å². The van der Waals surface area contributed by atoms with Crippen LogP contribution < -0.4 is 15.8 Å². The van der Waals surface area contributed by atoms with Crippen LogP contribution in [0.25, 0.3) is 0 Å². The summed E-state index contributed by atoms with van der Waals surface area (Å²) in [4.78, 5) is 8.55. The maximum Gasteiger partial charge on any atom is 0.234 e. The first-order chi connectivity index (χ1) is 8.53.